The monoisotopic (exact) mass is 420 g/mol. The van der Waals surface area contributed by atoms with Crippen LogP contribution in [0.15, 0.2) is 27.6 Å². The molecule has 3 nitrogen and oxygen atoms in total. The lowest BCUT2D eigenvalue weighted by molar-refractivity contribution is 0.346. The molecule has 0 saturated heterocycles. The second-order valence-electron chi connectivity index (χ2n) is 4.01. The molecule has 2 aromatic carbocycles. The van der Waals surface area contributed by atoms with Crippen LogP contribution >= 0.6 is 15.9 Å². The lowest BCUT2D eigenvalue weighted by Crippen LogP contribution is -2.15. The number of halogens is 7. The molecule has 23 heavy (non-hydrogen) atoms. The molecule has 0 heterocycles. The Labute approximate surface area is 133 Å². The zero-order valence-corrected chi connectivity index (χ0v) is 12.9. The minimum atomic E-state index is -5.18. The lowest BCUT2D eigenvalue weighted by atomic mass is 10.3. The fourth-order valence-corrected chi connectivity index (χ4v) is 2.81. The number of rotatable bonds is 3. The van der Waals surface area contributed by atoms with Crippen molar-refractivity contribution in [3.05, 3.63) is 57.6 Å². The van der Waals surface area contributed by atoms with Gasteiger partial charge in [0.2, 0.25) is 34.8 Å². The summed E-state index contributed by atoms with van der Waals surface area (Å²) in [5.41, 5.74) is 0. The first-order valence-corrected chi connectivity index (χ1v) is 7.67. The summed E-state index contributed by atoms with van der Waals surface area (Å²) in [6, 6.07) is 2.45. The molecule has 0 aliphatic rings. The molecule has 11 heteroatoms. The first-order valence-electron chi connectivity index (χ1n) is 5.47. The van der Waals surface area contributed by atoms with Crippen molar-refractivity contribution in [3.8, 4) is 5.75 Å². The van der Waals surface area contributed by atoms with Gasteiger partial charge < -0.3 is 4.18 Å². The van der Waals surface area contributed by atoms with E-state index in [1.165, 1.54) is 0 Å². The van der Waals surface area contributed by atoms with Crippen LogP contribution in [0, 0.1) is 34.9 Å². The van der Waals surface area contributed by atoms with E-state index >= 15 is 0 Å². The van der Waals surface area contributed by atoms with Crippen LogP contribution < -0.4 is 4.18 Å². The first-order chi connectivity index (χ1) is 10.6. The van der Waals surface area contributed by atoms with Gasteiger partial charge in [0.25, 0.3) is 0 Å². The average molecular weight is 421 g/mol. The van der Waals surface area contributed by atoms with Crippen molar-refractivity contribution in [3.63, 3.8) is 0 Å². The van der Waals surface area contributed by atoms with Crippen molar-refractivity contribution in [2.24, 2.45) is 0 Å². The van der Waals surface area contributed by atoms with Crippen molar-refractivity contribution >= 4 is 26.0 Å². The van der Waals surface area contributed by atoms with Crippen LogP contribution in [0.3, 0.4) is 0 Å². The van der Waals surface area contributed by atoms with Gasteiger partial charge in [0.1, 0.15) is 10.7 Å². The van der Waals surface area contributed by atoms with E-state index in [4.69, 9.17) is 0 Å². The molecule has 0 amide bonds. The Balaban J connectivity index is 2.58. The second-order valence-corrected chi connectivity index (χ2v) is 6.44. The number of benzene rings is 2. The molecule has 0 aliphatic carbocycles. The van der Waals surface area contributed by atoms with Gasteiger partial charge in [-0.25, -0.2) is 17.6 Å². The highest BCUT2D eigenvalue weighted by Gasteiger charge is 2.32. The maximum absolute atomic E-state index is 13.6. The third-order valence-electron chi connectivity index (χ3n) is 2.53. The van der Waals surface area contributed by atoms with Gasteiger partial charge in [0, 0.05) is 4.47 Å². The molecule has 0 saturated carbocycles. The lowest BCUT2D eigenvalue weighted by Gasteiger charge is -2.11. The van der Waals surface area contributed by atoms with Gasteiger partial charge in [-0.2, -0.15) is 17.2 Å². The highest BCUT2D eigenvalue weighted by molar-refractivity contribution is 9.10. The summed E-state index contributed by atoms with van der Waals surface area (Å²) in [4.78, 5) is -1.15. The molecule has 0 fully saturated rings. The molecule has 0 spiro atoms. The van der Waals surface area contributed by atoms with E-state index in [-0.39, 0.29) is 4.47 Å². The van der Waals surface area contributed by atoms with Gasteiger partial charge in [-0.1, -0.05) is 15.9 Å². The predicted molar refractivity (Wildman–Crippen MR) is 68.1 cm³/mol. The molecule has 0 aromatic heterocycles. The Morgan fingerprint density at radius 1 is 0.826 bits per heavy atom. The Bertz CT molecular complexity index is 871. The van der Waals surface area contributed by atoms with Crippen molar-refractivity contribution in [2.75, 3.05) is 0 Å². The van der Waals surface area contributed by atoms with Crippen molar-refractivity contribution in [1.29, 1.82) is 0 Å². The maximum atomic E-state index is 13.6. The highest BCUT2D eigenvalue weighted by Crippen LogP contribution is 2.32. The van der Waals surface area contributed by atoms with E-state index < -0.39 is 55.7 Å². The van der Waals surface area contributed by atoms with E-state index in [9.17, 15) is 34.8 Å². The summed E-state index contributed by atoms with van der Waals surface area (Å²) in [6.45, 7) is 0. The van der Waals surface area contributed by atoms with E-state index in [1.54, 1.807) is 0 Å². The third kappa shape index (κ3) is 3.15. The van der Waals surface area contributed by atoms with Gasteiger partial charge in [-0.15, -0.1) is 0 Å². The van der Waals surface area contributed by atoms with Gasteiger partial charge in [0.05, 0.1) is 0 Å². The molecule has 0 N–H and O–H groups in total. The van der Waals surface area contributed by atoms with E-state index in [2.05, 4.69) is 20.1 Å². The standard InChI is InChI=1S/C12H3BrF6O3S/c13-4-1-2-6(5(14)3-4)23(20,21)22-12-10(18)8(16)7(15)9(17)11(12)19/h1-3H. The van der Waals surface area contributed by atoms with Crippen LogP contribution in [0.4, 0.5) is 26.3 Å². The fraction of sp³-hybridized carbons (Fsp3) is 0. The predicted octanol–water partition coefficient (Wildman–Crippen LogP) is 4.05. The van der Waals surface area contributed by atoms with E-state index in [0.717, 1.165) is 6.07 Å². The quantitative estimate of drug-likeness (QED) is 0.325. The Morgan fingerprint density at radius 3 is 1.78 bits per heavy atom. The summed E-state index contributed by atoms with van der Waals surface area (Å²) >= 11 is 2.84. The molecule has 2 rings (SSSR count). The molecular formula is C12H3BrF6O3S. The van der Waals surface area contributed by atoms with Crippen molar-refractivity contribution in [2.45, 2.75) is 4.90 Å². The molecular weight excluding hydrogens is 418 g/mol. The number of hydrogen-bond acceptors (Lipinski definition) is 3. The topological polar surface area (TPSA) is 43.4 Å². The zero-order valence-electron chi connectivity index (χ0n) is 10.5. The molecule has 2 aromatic rings. The normalized spacial score (nSPS) is 11.6. The summed E-state index contributed by atoms with van der Waals surface area (Å²) < 4.78 is 107. The number of hydrogen-bond donors (Lipinski definition) is 0. The summed E-state index contributed by atoms with van der Waals surface area (Å²) in [5, 5.41) is 0. The van der Waals surface area contributed by atoms with Crippen molar-refractivity contribution in [1.82, 2.24) is 0 Å². The molecule has 0 unspecified atom stereocenters. The van der Waals surface area contributed by atoms with Crippen molar-refractivity contribution < 1.29 is 38.9 Å². The first kappa shape index (κ1) is 17.6. The molecule has 124 valence electrons. The van der Waals surface area contributed by atoms with E-state index in [0.29, 0.717) is 12.1 Å². The van der Waals surface area contributed by atoms with Gasteiger partial charge in [-0.3, -0.25) is 0 Å². The van der Waals surface area contributed by atoms with Crippen LogP contribution in [-0.4, -0.2) is 8.42 Å². The summed E-state index contributed by atoms with van der Waals surface area (Å²) in [7, 11) is -5.18. The molecule has 0 aliphatic heterocycles. The summed E-state index contributed by atoms with van der Waals surface area (Å²) in [5.74, 6) is -15.7. The van der Waals surface area contributed by atoms with Crippen LogP contribution in [0.2, 0.25) is 0 Å². The maximum Gasteiger partial charge on any atom is 0.342 e. The van der Waals surface area contributed by atoms with Gasteiger partial charge in [0.15, 0.2) is 0 Å². The SMILES string of the molecule is O=S(=O)(Oc1c(F)c(F)c(F)c(F)c1F)c1ccc(Br)cc1F. The molecule has 0 radical (unpaired) electrons. The minimum absolute atomic E-state index is 0.144. The molecule has 0 bridgehead atoms. The van der Waals surface area contributed by atoms with Crippen LogP contribution in [0.25, 0.3) is 0 Å². The van der Waals surface area contributed by atoms with Crippen LogP contribution in [0.1, 0.15) is 0 Å². The largest absolute Gasteiger partial charge is 0.372 e. The molecule has 0 atom stereocenters. The zero-order chi connectivity index (χ0) is 17.5. The van der Waals surface area contributed by atoms with Crippen LogP contribution in [-0.2, 0) is 10.1 Å². The Kier molecular flexibility index (Phi) is 4.62. The summed E-state index contributed by atoms with van der Waals surface area (Å²) in [6.07, 6.45) is 0. The van der Waals surface area contributed by atoms with Crippen LogP contribution in [0.5, 0.6) is 5.75 Å². The van der Waals surface area contributed by atoms with Gasteiger partial charge in [-0.05, 0) is 18.2 Å². The fourth-order valence-electron chi connectivity index (χ4n) is 1.49. The highest BCUT2D eigenvalue weighted by atomic mass is 79.9. The second kappa shape index (κ2) is 6.04. The van der Waals surface area contributed by atoms with Gasteiger partial charge >= 0.3 is 10.1 Å². The Hall–Kier alpha value is -1.75. The third-order valence-corrected chi connectivity index (χ3v) is 4.27. The Morgan fingerprint density at radius 2 is 1.30 bits per heavy atom. The average Bonchev–Trinajstić information content (AvgIpc) is 2.47. The smallest absolute Gasteiger partial charge is 0.342 e. The minimum Gasteiger partial charge on any atom is -0.372 e. The van der Waals surface area contributed by atoms with E-state index in [1.807, 2.05) is 0 Å².